The van der Waals surface area contributed by atoms with E-state index in [0.29, 0.717) is 0 Å². The zero-order chi connectivity index (χ0) is 14.8. The standard InChI is InChI=1S/C15H22BrFN2O/c1-15(2,10-20)14(19-5-3-18-4-6-19)11-7-12(16)9-13(17)8-11/h7-9,14,18,20H,3-6,10H2,1-2H3/t14-/m0/s1. The molecule has 5 heteroatoms. The van der Waals surface area contributed by atoms with Crippen LogP contribution in [0.15, 0.2) is 22.7 Å². The zero-order valence-corrected chi connectivity index (χ0v) is 13.6. The smallest absolute Gasteiger partial charge is 0.124 e. The van der Waals surface area contributed by atoms with Gasteiger partial charge in [-0.25, -0.2) is 4.39 Å². The number of halogens is 2. The van der Waals surface area contributed by atoms with Crippen molar-refractivity contribution in [1.29, 1.82) is 0 Å². The lowest BCUT2D eigenvalue weighted by molar-refractivity contribution is 0.0303. The molecule has 1 saturated heterocycles. The summed E-state index contributed by atoms with van der Waals surface area (Å²) in [5.74, 6) is -0.247. The van der Waals surface area contributed by atoms with Crippen molar-refractivity contribution in [3.05, 3.63) is 34.1 Å². The summed E-state index contributed by atoms with van der Waals surface area (Å²) in [7, 11) is 0. The van der Waals surface area contributed by atoms with Crippen molar-refractivity contribution in [1.82, 2.24) is 10.2 Å². The van der Waals surface area contributed by atoms with Gasteiger partial charge in [-0.15, -0.1) is 0 Å². The van der Waals surface area contributed by atoms with Crippen molar-refractivity contribution in [2.24, 2.45) is 5.41 Å². The zero-order valence-electron chi connectivity index (χ0n) is 12.0. The van der Waals surface area contributed by atoms with Crippen molar-refractivity contribution < 1.29 is 9.50 Å². The van der Waals surface area contributed by atoms with Crippen molar-refractivity contribution in [2.45, 2.75) is 19.9 Å². The third-order valence-corrected chi connectivity index (χ3v) is 4.32. The van der Waals surface area contributed by atoms with Crippen LogP contribution in [0, 0.1) is 11.2 Å². The highest BCUT2D eigenvalue weighted by atomic mass is 79.9. The van der Waals surface area contributed by atoms with E-state index in [-0.39, 0.29) is 23.9 Å². The summed E-state index contributed by atoms with van der Waals surface area (Å²) in [4.78, 5) is 2.33. The SMILES string of the molecule is CC(C)(CO)[C@H](c1cc(F)cc(Br)c1)N1CCNCC1. The maximum absolute atomic E-state index is 13.7. The van der Waals surface area contributed by atoms with Crippen molar-refractivity contribution in [3.8, 4) is 0 Å². The predicted octanol–water partition coefficient (Wildman–Crippen LogP) is 2.55. The Morgan fingerprint density at radius 3 is 2.55 bits per heavy atom. The van der Waals surface area contributed by atoms with E-state index in [4.69, 9.17) is 0 Å². The maximum atomic E-state index is 13.7. The molecule has 1 aromatic rings. The van der Waals surface area contributed by atoms with E-state index < -0.39 is 0 Å². The van der Waals surface area contributed by atoms with E-state index in [0.717, 1.165) is 36.2 Å². The second-order valence-electron chi connectivity index (χ2n) is 6.04. The van der Waals surface area contributed by atoms with Gasteiger partial charge in [0.15, 0.2) is 0 Å². The topological polar surface area (TPSA) is 35.5 Å². The van der Waals surface area contributed by atoms with Gasteiger partial charge in [0, 0.05) is 48.7 Å². The van der Waals surface area contributed by atoms with E-state index in [2.05, 4.69) is 26.1 Å². The van der Waals surface area contributed by atoms with E-state index in [1.807, 2.05) is 19.9 Å². The largest absolute Gasteiger partial charge is 0.396 e. The summed E-state index contributed by atoms with van der Waals surface area (Å²) in [5.41, 5.74) is 0.586. The fourth-order valence-corrected chi connectivity index (χ4v) is 3.40. The fourth-order valence-electron chi connectivity index (χ4n) is 2.92. The quantitative estimate of drug-likeness (QED) is 0.881. The van der Waals surface area contributed by atoms with Gasteiger partial charge in [0.25, 0.3) is 0 Å². The number of hydrogen-bond acceptors (Lipinski definition) is 3. The highest BCUT2D eigenvalue weighted by Crippen LogP contribution is 2.39. The molecule has 0 aromatic heterocycles. The van der Waals surface area contributed by atoms with E-state index in [1.54, 1.807) is 6.07 Å². The first kappa shape index (κ1) is 15.9. The first-order valence-corrected chi connectivity index (χ1v) is 7.75. The summed E-state index contributed by atoms with van der Waals surface area (Å²) >= 11 is 3.36. The van der Waals surface area contributed by atoms with Gasteiger partial charge in [0.05, 0.1) is 0 Å². The third kappa shape index (κ3) is 3.58. The number of rotatable bonds is 4. The lowest BCUT2D eigenvalue weighted by atomic mass is 9.79. The summed E-state index contributed by atoms with van der Waals surface area (Å²) < 4.78 is 14.5. The molecule has 20 heavy (non-hydrogen) atoms. The van der Waals surface area contributed by atoms with Crippen LogP contribution in [-0.2, 0) is 0 Å². The molecule has 0 unspecified atom stereocenters. The molecule has 1 aromatic carbocycles. The fraction of sp³-hybridized carbons (Fsp3) is 0.600. The van der Waals surface area contributed by atoms with Gasteiger partial charge in [-0.1, -0.05) is 29.8 Å². The normalized spacial score (nSPS) is 19.1. The molecule has 2 N–H and O–H groups in total. The lowest BCUT2D eigenvalue weighted by Crippen LogP contribution is -2.49. The number of nitrogens with zero attached hydrogens (tertiary/aromatic N) is 1. The molecule has 0 bridgehead atoms. The van der Waals surface area contributed by atoms with Crippen LogP contribution in [0.4, 0.5) is 4.39 Å². The molecule has 0 spiro atoms. The molecule has 1 heterocycles. The second kappa shape index (κ2) is 6.52. The molecule has 112 valence electrons. The third-order valence-electron chi connectivity index (χ3n) is 3.87. The Bertz CT molecular complexity index is 441. The van der Waals surface area contributed by atoms with Crippen molar-refractivity contribution in [3.63, 3.8) is 0 Å². The molecule has 0 aliphatic carbocycles. The second-order valence-corrected chi connectivity index (χ2v) is 6.95. The number of aliphatic hydroxyl groups is 1. The molecular formula is C15H22BrFN2O. The summed E-state index contributed by atoms with van der Waals surface area (Å²) in [5, 5.41) is 13.1. The average molecular weight is 345 g/mol. The van der Waals surface area contributed by atoms with Crippen LogP contribution < -0.4 is 5.32 Å². The van der Waals surface area contributed by atoms with Gasteiger partial charge in [0.1, 0.15) is 5.82 Å². The van der Waals surface area contributed by atoms with Crippen molar-refractivity contribution >= 4 is 15.9 Å². The first-order chi connectivity index (χ1) is 9.44. The average Bonchev–Trinajstić information content (AvgIpc) is 2.39. The summed E-state index contributed by atoms with van der Waals surface area (Å²) in [6.07, 6.45) is 0. The van der Waals surface area contributed by atoms with Crippen molar-refractivity contribution in [2.75, 3.05) is 32.8 Å². The number of aliphatic hydroxyl groups excluding tert-OH is 1. The molecular weight excluding hydrogens is 323 g/mol. The van der Waals surface area contributed by atoms with Gasteiger partial charge in [-0.05, 0) is 23.8 Å². The first-order valence-electron chi connectivity index (χ1n) is 6.95. The molecule has 0 amide bonds. The Hall–Kier alpha value is -0.490. The van der Waals surface area contributed by atoms with Crippen LogP contribution in [0.2, 0.25) is 0 Å². The number of hydrogen-bond donors (Lipinski definition) is 2. The molecule has 0 radical (unpaired) electrons. The van der Waals surface area contributed by atoms with E-state index in [9.17, 15) is 9.50 Å². The Balaban J connectivity index is 2.39. The van der Waals surface area contributed by atoms with E-state index in [1.165, 1.54) is 6.07 Å². The van der Waals surface area contributed by atoms with Gasteiger partial charge in [-0.2, -0.15) is 0 Å². The molecule has 1 fully saturated rings. The van der Waals surface area contributed by atoms with Gasteiger partial charge < -0.3 is 10.4 Å². The summed E-state index contributed by atoms with van der Waals surface area (Å²) in [6, 6.07) is 4.99. The van der Waals surface area contributed by atoms with Crippen LogP contribution in [-0.4, -0.2) is 42.8 Å². The minimum Gasteiger partial charge on any atom is -0.396 e. The molecule has 3 nitrogen and oxygen atoms in total. The maximum Gasteiger partial charge on any atom is 0.124 e. The van der Waals surface area contributed by atoms with Gasteiger partial charge in [0.2, 0.25) is 0 Å². The molecule has 1 aliphatic heterocycles. The number of benzene rings is 1. The van der Waals surface area contributed by atoms with E-state index >= 15 is 0 Å². The monoisotopic (exact) mass is 344 g/mol. The van der Waals surface area contributed by atoms with Crippen LogP contribution >= 0.6 is 15.9 Å². The Morgan fingerprint density at radius 1 is 1.35 bits per heavy atom. The van der Waals surface area contributed by atoms with Gasteiger partial charge >= 0.3 is 0 Å². The molecule has 0 saturated carbocycles. The predicted molar refractivity (Wildman–Crippen MR) is 82.2 cm³/mol. The van der Waals surface area contributed by atoms with Gasteiger partial charge in [-0.3, -0.25) is 4.90 Å². The number of piperazine rings is 1. The van der Waals surface area contributed by atoms with Crippen LogP contribution in [0.25, 0.3) is 0 Å². The Kier molecular flexibility index (Phi) is 5.18. The molecule has 2 rings (SSSR count). The lowest BCUT2D eigenvalue weighted by Gasteiger charge is -2.43. The molecule has 1 atom stereocenters. The van der Waals surface area contributed by atoms with Crippen LogP contribution in [0.1, 0.15) is 25.5 Å². The molecule has 1 aliphatic rings. The van der Waals surface area contributed by atoms with Crippen LogP contribution in [0.5, 0.6) is 0 Å². The minimum atomic E-state index is -0.329. The Labute approximate surface area is 128 Å². The van der Waals surface area contributed by atoms with Crippen LogP contribution in [0.3, 0.4) is 0 Å². The summed E-state index contributed by atoms with van der Waals surface area (Å²) in [6.45, 7) is 7.78. The highest BCUT2D eigenvalue weighted by Gasteiger charge is 2.35. The Morgan fingerprint density at radius 2 is 2.00 bits per heavy atom. The highest BCUT2D eigenvalue weighted by molar-refractivity contribution is 9.10. The number of nitrogens with one attached hydrogen (secondary N) is 1. The minimum absolute atomic E-state index is 0.00148.